The first-order valence-corrected chi connectivity index (χ1v) is 6.52. The van der Waals surface area contributed by atoms with Gasteiger partial charge in [-0.1, -0.05) is 46.3 Å². The minimum Gasteiger partial charge on any atom is -0.341 e. The maximum Gasteiger partial charge on any atom is 0.227 e. The van der Waals surface area contributed by atoms with Crippen LogP contribution in [0.4, 0.5) is 0 Å². The molecule has 18 heavy (non-hydrogen) atoms. The van der Waals surface area contributed by atoms with Gasteiger partial charge in [-0.25, -0.2) is 0 Å². The van der Waals surface area contributed by atoms with E-state index in [9.17, 15) is 9.59 Å². The molecule has 1 atom stereocenters. The topological polar surface area (TPSA) is 52.6 Å². The summed E-state index contributed by atoms with van der Waals surface area (Å²) >= 11 is 3.13. The molecule has 1 aliphatic rings. The van der Waals surface area contributed by atoms with Gasteiger partial charge in [0.05, 0.1) is 13.2 Å². The fraction of sp³-hybridized carbons (Fsp3) is 0.385. The highest BCUT2D eigenvalue weighted by Crippen LogP contribution is 2.25. The summed E-state index contributed by atoms with van der Waals surface area (Å²) in [5, 5.41) is 0. The van der Waals surface area contributed by atoms with Crippen molar-refractivity contribution in [3.8, 4) is 0 Å². The predicted octanol–water partition coefficient (Wildman–Crippen LogP) is 1.96. The molecular weight excluding hydrogens is 300 g/mol. The van der Waals surface area contributed by atoms with Crippen molar-refractivity contribution in [1.29, 1.82) is 0 Å². The lowest BCUT2D eigenvalue weighted by Crippen LogP contribution is -2.44. The largest absolute Gasteiger partial charge is 0.341 e. The molecule has 0 radical (unpaired) electrons. The van der Waals surface area contributed by atoms with Crippen molar-refractivity contribution >= 4 is 27.5 Å². The summed E-state index contributed by atoms with van der Waals surface area (Å²) in [6.07, 6.45) is 0. The van der Waals surface area contributed by atoms with Crippen molar-refractivity contribution in [2.75, 3.05) is 13.2 Å². The Labute approximate surface area is 113 Å². The maximum absolute atomic E-state index is 12.2. The van der Waals surface area contributed by atoms with Gasteiger partial charge in [0, 0.05) is 5.56 Å². The zero-order valence-electron chi connectivity index (χ0n) is 9.89. The second-order valence-electron chi connectivity index (χ2n) is 4.10. The molecular formula is C13H13BrO4. The molecule has 0 aliphatic carbocycles. The van der Waals surface area contributed by atoms with Crippen molar-refractivity contribution in [3.63, 3.8) is 0 Å². The number of alkyl halides is 1. The molecule has 1 aromatic carbocycles. The van der Waals surface area contributed by atoms with Crippen LogP contribution in [0.2, 0.25) is 0 Å². The normalized spacial score (nSPS) is 19.4. The Balaban J connectivity index is 2.14. The number of carbonyl (C=O) groups excluding carboxylic acids is 2. The maximum atomic E-state index is 12.2. The van der Waals surface area contributed by atoms with Gasteiger partial charge in [-0.05, 0) is 6.92 Å². The van der Waals surface area contributed by atoms with E-state index >= 15 is 0 Å². The van der Waals surface area contributed by atoms with Crippen LogP contribution >= 0.6 is 15.9 Å². The third-order valence-electron chi connectivity index (χ3n) is 2.80. The first-order chi connectivity index (χ1) is 8.54. The molecule has 2 rings (SSSR count). The van der Waals surface area contributed by atoms with Gasteiger partial charge in [-0.15, -0.1) is 0 Å². The van der Waals surface area contributed by atoms with Gasteiger partial charge in [-0.3, -0.25) is 9.59 Å². The third kappa shape index (κ3) is 2.53. The van der Waals surface area contributed by atoms with Crippen LogP contribution in [0.1, 0.15) is 17.3 Å². The van der Waals surface area contributed by atoms with Crippen molar-refractivity contribution in [2.24, 2.45) is 0 Å². The van der Waals surface area contributed by atoms with Crippen LogP contribution < -0.4 is 0 Å². The van der Waals surface area contributed by atoms with Crippen molar-refractivity contribution in [2.45, 2.75) is 17.5 Å². The minimum absolute atomic E-state index is 0.291. The molecule has 0 bridgehead atoms. The van der Waals surface area contributed by atoms with E-state index < -0.39 is 16.4 Å². The standard InChI is InChI=1S/C13H13BrO4/c1-13(17-7-8-18-13)12(16)10(14)11(15)9-5-3-2-4-6-9/h2-6,10H,7-8H2,1H3. The molecule has 4 nitrogen and oxygen atoms in total. The average Bonchev–Trinajstić information content (AvgIpc) is 2.85. The summed E-state index contributed by atoms with van der Waals surface area (Å²) in [6, 6.07) is 8.65. The molecule has 1 aromatic rings. The molecule has 0 N–H and O–H groups in total. The van der Waals surface area contributed by atoms with Gasteiger partial charge in [0.2, 0.25) is 11.6 Å². The molecule has 5 heteroatoms. The van der Waals surface area contributed by atoms with E-state index in [1.807, 2.05) is 6.07 Å². The zero-order chi connectivity index (χ0) is 13.2. The van der Waals surface area contributed by atoms with Gasteiger partial charge in [0.15, 0.2) is 5.78 Å². The number of carbonyl (C=O) groups is 2. The molecule has 0 saturated carbocycles. The summed E-state index contributed by atoms with van der Waals surface area (Å²) in [5.41, 5.74) is 0.481. The Morgan fingerprint density at radius 1 is 1.22 bits per heavy atom. The molecule has 0 aromatic heterocycles. The number of hydrogen-bond acceptors (Lipinski definition) is 4. The van der Waals surface area contributed by atoms with Gasteiger partial charge in [0.1, 0.15) is 4.83 Å². The quantitative estimate of drug-likeness (QED) is 0.484. The number of benzene rings is 1. The highest BCUT2D eigenvalue weighted by Gasteiger charge is 2.44. The Morgan fingerprint density at radius 3 is 2.33 bits per heavy atom. The number of rotatable bonds is 4. The molecule has 1 aliphatic heterocycles. The summed E-state index contributed by atoms with van der Waals surface area (Å²) in [6.45, 7) is 2.26. The lowest BCUT2D eigenvalue weighted by atomic mass is 10.0. The second-order valence-corrected chi connectivity index (χ2v) is 5.02. The zero-order valence-corrected chi connectivity index (χ0v) is 11.5. The highest BCUT2D eigenvalue weighted by molar-refractivity contribution is 9.10. The van der Waals surface area contributed by atoms with Crippen LogP contribution in [0.15, 0.2) is 30.3 Å². The first-order valence-electron chi connectivity index (χ1n) is 5.60. The fourth-order valence-electron chi connectivity index (χ4n) is 1.75. The average molecular weight is 313 g/mol. The molecule has 1 heterocycles. The predicted molar refractivity (Wildman–Crippen MR) is 68.8 cm³/mol. The van der Waals surface area contributed by atoms with Gasteiger partial charge in [0.25, 0.3) is 0 Å². The lowest BCUT2D eigenvalue weighted by molar-refractivity contribution is -0.172. The fourth-order valence-corrected chi connectivity index (χ4v) is 2.43. The van der Waals surface area contributed by atoms with Crippen LogP contribution in [0.25, 0.3) is 0 Å². The third-order valence-corrected chi connectivity index (χ3v) is 3.64. The van der Waals surface area contributed by atoms with E-state index in [4.69, 9.17) is 9.47 Å². The van der Waals surface area contributed by atoms with Crippen molar-refractivity contribution < 1.29 is 19.1 Å². The first kappa shape index (κ1) is 13.4. The number of ketones is 2. The van der Waals surface area contributed by atoms with Crippen molar-refractivity contribution in [1.82, 2.24) is 0 Å². The summed E-state index contributed by atoms with van der Waals surface area (Å²) < 4.78 is 10.5. The van der Waals surface area contributed by atoms with Gasteiger partial charge < -0.3 is 9.47 Å². The van der Waals surface area contributed by atoms with Gasteiger partial charge in [-0.2, -0.15) is 0 Å². The summed E-state index contributed by atoms with van der Waals surface area (Å²) in [4.78, 5) is 23.3. The Kier molecular flexibility index (Phi) is 3.94. The summed E-state index contributed by atoms with van der Waals surface area (Å²) in [7, 11) is 0. The second kappa shape index (κ2) is 5.30. The number of Topliss-reactive ketones (excluding diaryl/α,β-unsaturated/α-hetero) is 2. The molecule has 1 fully saturated rings. The number of halogens is 1. The van der Waals surface area contributed by atoms with E-state index in [1.54, 1.807) is 24.3 Å². The SMILES string of the molecule is CC1(C(=O)C(Br)C(=O)c2ccccc2)OCCO1. The Bertz CT molecular complexity index is 451. The van der Waals surface area contributed by atoms with Gasteiger partial charge >= 0.3 is 0 Å². The van der Waals surface area contributed by atoms with Crippen LogP contribution in [-0.2, 0) is 14.3 Å². The van der Waals surface area contributed by atoms with E-state index in [-0.39, 0.29) is 5.78 Å². The molecule has 96 valence electrons. The van der Waals surface area contributed by atoms with Crippen LogP contribution in [0.5, 0.6) is 0 Å². The monoisotopic (exact) mass is 312 g/mol. The summed E-state index contributed by atoms with van der Waals surface area (Å²) in [5.74, 6) is -2.02. The number of ether oxygens (including phenoxy) is 2. The van der Waals surface area contributed by atoms with E-state index in [1.165, 1.54) is 6.92 Å². The smallest absolute Gasteiger partial charge is 0.227 e. The van der Waals surface area contributed by atoms with Crippen LogP contribution in [0, 0.1) is 0 Å². The van der Waals surface area contributed by atoms with Crippen LogP contribution in [-0.4, -0.2) is 35.4 Å². The Hall–Kier alpha value is -1.04. The molecule has 0 amide bonds. The minimum atomic E-state index is -1.32. The number of hydrogen-bond donors (Lipinski definition) is 0. The molecule has 1 saturated heterocycles. The lowest BCUT2D eigenvalue weighted by Gasteiger charge is -2.22. The molecule has 1 unspecified atom stereocenters. The van der Waals surface area contributed by atoms with E-state index in [2.05, 4.69) is 15.9 Å². The highest BCUT2D eigenvalue weighted by atomic mass is 79.9. The van der Waals surface area contributed by atoms with E-state index in [0.29, 0.717) is 18.8 Å². The van der Waals surface area contributed by atoms with Crippen LogP contribution in [0.3, 0.4) is 0 Å². The Morgan fingerprint density at radius 2 is 1.78 bits per heavy atom. The van der Waals surface area contributed by atoms with Crippen molar-refractivity contribution in [3.05, 3.63) is 35.9 Å². The molecule has 0 spiro atoms. The van der Waals surface area contributed by atoms with E-state index in [0.717, 1.165) is 0 Å².